The van der Waals surface area contributed by atoms with Gasteiger partial charge in [-0.1, -0.05) is 125 Å². The van der Waals surface area contributed by atoms with E-state index < -0.39 is 5.60 Å². The first-order chi connectivity index (χ1) is 14.8. The van der Waals surface area contributed by atoms with Crippen LogP contribution in [0.15, 0.2) is 60.7 Å². The van der Waals surface area contributed by atoms with Gasteiger partial charge < -0.3 is 9.47 Å². The van der Waals surface area contributed by atoms with Crippen LogP contribution in [0.5, 0.6) is 0 Å². The van der Waals surface area contributed by atoms with Gasteiger partial charge in [-0.2, -0.15) is 0 Å². The number of carbonyl (C=O) groups is 1. The first-order valence-corrected chi connectivity index (χ1v) is 11.6. The summed E-state index contributed by atoms with van der Waals surface area (Å²) in [6.45, 7) is 2.68. The highest BCUT2D eigenvalue weighted by atomic mass is 16.6. The largest absolute Gasteiger partial charge is 0.463 e. The Bertz CT molecular complexity index is 657. The van der Waals surface area contributed by atoms with Crippen LogP contribution in [-0.4, -0.2) is 19.7 Å². The molecule has 0 aliphatic heterocycles. The van der Waals surface area contributed by atoms with Gasteiger partial charge in [0.15, 0.2) is 0 Å². The molecule has 0 saturated carbocycles. The summed E-state index contributed by atoms with van der Waals surface area (Å²) in [6.07, 6.45) is 12.5. The number of hydrogen-bond donors (Lipinski definition) is 0. The topological polar surface area (TPSA) is 35.5 Å². The van der Waals surface area contributed by atoms with Crippen LogP contribution in [0.1, 0.15) is 82.3 Å². The van der Waals surface area contributed by atoms with Gasteiger partial charge in [0, 0.05) is 7.11 Å². The fourth-order valence-corrected chi connectivity index (χ4v) is 3.92. The van der Waals surface area contributed by atoms with E-state index in [4.69, 9.17) is 9.47 Å². The lowest BCUT2D eigenvalue weighted by Gasteiger charge is -2.31. The first kappa shape index (κ1) is 24.1. The second-order valence-electron chi connectivity index (χ2n) is 7.94. The lowest BCUT2D eigenvalue weighted by atomic mass is 9.86. The van der Waals surface area contributed by atoms with E-state index in [1.54, 1.807) is 7.11 Å². The van der Waals surface area contributed by atoms with Gasteiger partial charge in [0.1, 0.15) is 0 Å². The van der Waals surface area contributed by atoms with Crippen LogP contribution in [0, 0.1) is 0 Å². The van der Waals surface area contributed by atoms with Crippen molar-refractivity contribution in [2.45, 2.75) is 76.7 Å². The molecule has 2 aromatic rings. The molecule has 30 heavy (non-hydrogen) atoms. The SMILES string of the molecule is CCCCCCCCCCCCOC(=O)C(OC)(c1ccccc1)c1ccccc1. The second-order valence-corrected chi connectivity index (χ2v) is 7.94. The highest BCUT2D eigenvalue weighted by Crippen LogP contribution is 2.34. The van der Waals surface area contributed by atoms with E-state index in [1.165, 1.54) is 51.4 Å². The maximum Gasteiger partial charge on any atom is 0.347 e. The molecule has 164 valence electrons. The summed E-state index contributed by atoms with van der Waals surface area (Å²) >= 11 is 0. The monoisotopic (exact) mass is 410 g/mol. The lowest BCUT2D eigenvalue weighted by molar-refractivity contribution is -0.165. The molecule has 0 unspecified atom stereocenters. The van der Waals surface area contributed by atoms with E-state index in [0.29, 0.717) is 6.61 Å². The number of hydrogen-bond acceptors (Lipinski definition) is 3. The van der Waals surface area contributed by atoms with Gasteiger partial charge >= 0.3 is 5.97 Å². The minimum atomic E-state index is -1.24. The molecule has 0 atom stereocenters. The van der Waals surface area contributed by atoms with Gasteiger partial charge in [-0.15, -0.1) is 0 Å². The molecule has 3 heteroatoms. The number of benzene rings is 2. The van der Waals surface area contributed by atoms with Gasteiger partial charge in [0.25, 0.3) is 0 Å². The number of carbonyl (C=O) groups excluding carboxylic acids is 1. The molecule has 0 aromatic heterocycles. The third-order valence-electron chi connectivity index (χ3n) is 5.69. The van der Waals surface area contributed by atoms with Crippen LogP contribution >= 0.6 is 0 Å². The van der Waals surface area contributed by atoms with Gasteiger partial charge in [0.05, 0.1) is 6.61 Å². The van der Waals surface area contributed by atoms with Crippen molar-refractivity contribution in [1.29, 1.82) is 0 Å². The highest BCUT2D eigenvalue weighted by molar-refractivity contribution is 5.85. The molecule has 0 radical (unpaired) electrons. The van der Waals surface area contributed by atoms with Crippen LogP contribution in [0.2, 0.25) is 0 Å². The zero-order valence-electron chi connectivity index (χ0n) is 18.8. The van der Waals surface area contributed by atoms with Crippen LogP contribution in [-0.2, 0) is 19.9 Å². The third-order valence-corrected chi connectivity index (χ3v) is 5.69. The molecule has 0 N–H and O–H groups in total. The molecule has 0 bridgehead atoms. The Labute approximate surface area is 182 Å². The minimum Gasteiger partial charge on any atom is -0.463 e. The maximum atomic E-state index is 13.2. The summed E-state index contributed by atoms with van der Waals surface area (Å²) in [5, 5.41) is 0. The van der Waals surface area contributed by atoms with Crippen LogP contribution in [0.3, 0.4) is 0 Å². The number of unbranched alkanes of at least 4 members (excludes halogenated alkanes) is 9. The number of methoxy groups -OCH3 is 1. The van der Waals surface area contributed by atoms with Crippen molar-refractivity contribution in [2.24, 2.45) is 0 Å². The van der Waals surface area contributed by atoms with Crippen molar-refractivity contribution in [3.63, 3.8) is 0 Å². The Morgan fingerprint density at radius 1 is 0.700 bits per heavy atom. The number of rotatable bonds is 15. The quantitative estimate of drug-likeness (QED) is 0.233. The molecule has 3 nitrogen and oxygen atoms in total. The van der Waals surface area contributed by atoms with Crippen LogP contribution < -0.4 is 0 Å². The molecule has 2 rings (SSSR count). The summed E-state index contributed by atoms with van der Waals surface area (Å²) in [6, 6.07) is 19.2. The molecule has 0 aliphatic rings. The van der Waals surface area contributed by atoms with Gasteiger partial charge in [0.2, 0.25) is 5.60 Å². The average molecular weight is 411 g/mol. The van der Waals surface area contributed by atoms with E-state index >= 15 is 0 Å². The van der Waals surface area contributed by atoms with Crippen molar-refractivity contribution in [1.82, 2.24) is 0 Å². The predicted octanol–water partition coefficient (Wildman–Crippen LogP) is 7.04. The fraction of sp³-hybridized carbons (Fsp3) is 0.519. The molecular formula is C27H38O3. The van der Waals surface area contributed by atoms with Crippen molar-refractivity contribution in [3.05, 3.63) is 71.8 Å². The summed E-state index contributed by atoms with van der Waals surface area (Å²) in [7, 11) is 1.57. The Balaban J connectivity index is 1.83. The van der Waals surface area contributed by atoms with E-state index in [1.807, 2.05) is 60.7 Å². The van der Waals surface area contributed by atoms with Gasteiger partial charge in [-0.3, -0.25) is 0 Å². The van der Waals surface area contributed by atoms with E-state index in [2.05, 4.69) is 6.92 Å². The summed E-state index contributed by atoms with van der Waals surface area (Å²) in [5.41, 5.74) is 0.333. The normalized spacial score (nSPS) is 11.4. The Hall–Kier alpha value is -2.13. The number of esters is 1. The van der Waals surface area contributed by atoms with Crippen molar-refractivity contribution in [2.75, 3.05) is 13.7 Å². The predicted molar refractivity (Wildman–Crippen MR) is 123 cm³/mol. The Kier molecular flexibility index (Phi) is 11.2. The molecule has 0 fully saturated rings. The zero-order chi connectivity index (χ0) is 21.5. The molecule has 0 amide bonds. The van der Waals surface area contributed by atoms with Crippen molar-refractivity contribution in [3.8, 4) is 0 Å². The van der Waals surface area contributed by atoms with Crippen LogP contribution in [0.25, 0.3) is 0 Å². The van der Waals surface area contributed by atoms with Crippen LogP contribution in [0.4, 0.5) is 0 Å². The second kappa shape index (κ2) is 14.0. The van der Waals surface area contributed by atoms with E-state index in [-0.39, 0.29) is 5.97 Å². The van der Waals surface area contributed by atoms with Gasteiger partial charge in [-0.25, -0.2) is 4.79 Å². The molecule has 0 aliphatic carbocycles. The lowest BCUT2D eigenvalue weighted by Crippen LogP contribution is -2.40. The fourth-order valence-electron chi connectivity index (χ4n) is 3.92. The summed E-state index contributed by atoms with van der Waals surface area (Å²) in [4.78, 5) is 13.2. The van der Waals surface area contributed by atoms with Crippen molar-refractivity contribution < 1.29 is 14.3 Å². The van der Waals surface area contributed by atoms with Gasteiger partial charge in [-0.05, 0) is 17.5 Å². The first-order valence-electron chi connectivity index (χ1n) is 11.6. The Morgan fingerprint density at radius 2 is 1.13 bits per heavy atom. The molecule has 0 heterocycles. The maximum absolute atomic E-state index is 13.2. The highest BCUT2D eigenvalue weighted by Gasteiger charge is 2.44. The molecule has 0 saturated heterocycles. The minimum absolute atomic E-state index is 0.349. The number of ether oxygens (including phenoxy) is 2. The average Bonchev–Trinajstić information content (AvgIpc) is 2.80. The zero-order valence-corrected chi connectivity index (χ0v) is 18.8. The Morgan fingerprint density at radius 3 is 1.57 bits per heavy atom. The molecule has 0 spiro atoms. The van der Waals surface area contributed by atoms with Crippen molar-refractivity contribution >= 4 is 5.97 Å². The molecule has 2 aromatic carbocycles. The standard InChI is InChI=1S/C27H38O3/c1-3-4-5-6-7-8-9-10-11-18-23-30-26(28)27(29-2,24-19-14-12-15-20-24)25-21-16-13-17-22-25/h12-17,19-22H,3-11,18,23H2,1-2H3. The third kappa shape index (κ3) is 6.98. The summed E-state index contributed by atoms with van der Waals surface area (Å²) in [5.74, 6) is -0.349. The summed E-state index contributed by atoms with van der Waals surface area (Å²) < 4.78 is 11.6. The van der Waals surface area contributed by atoms with E-state index in [9.17, 15) is 4.79 Å². The van der Waals surface area contributed by atoms with E-state index in [0.717, 1.165) is 24.0 Å². The smallest absolute Gasteiger partial charge is 0.347 e. The molecular weight excluding hydrogens is 372 g/mol.